The Morgan fingerprint density at radius 3 is 3.07 bits per heavy atom. The van der Waals surface area contributed by atoms with Crippen molar-refractivity contribution in [2.75, 3.05) is 6.54 Å². The first kappa shape index (κ1) is 9.71. The zero-order valence-electron chi connectivity index (χ0n) is 9.08. The van der Waals surface area contributed by atoms with Gasteiger partial charge in [-0.05, 0) is 50.6 Å². The van der Waals surface area contributed by atoms with Crippen LogP contribution in [0.4, 0.5) is 0 Å². The zero-order chi connectivity index (χ0) is 10.1. The van der Waals surface area contributed by atoms with Crippen LogP contribution in [0.5, 0.6) is 0 Å². The third-order valence-electron chi connectivity index (χ3n) is 3.40. The van der Waals surface area contributed by atoms with E-state index >= 15 is 0 Å². The molecule has 0 saturated carbocycles. The molecule has 0 fully saturated rings. The molecule has 0 bridgehead atoms. The first-order valence-electron chi connectivity index (χ1n) is 5.43. The van der Waals surface area contributed by atoms with Crippen molar-refractivity contribution in [1.29, 1.82) is 0 Å². The van der Waals surface area contributed by atoms with Crippen LogP contribution in [-0.2, 0) is 19.9 Å². The van der Waals surface area contributed by atoms with Gasteiger partial charge in [0.25, 0.3) is 0 Å². The van der Waals surface area contributed by atoms with Crippen LogP contribution < -0.4 is 5.73 Å². The molecule has 3 nitrogen and oxygen atoms in total. The van der Waals surface area contributed by atoms with Gasteiger partial charge in [0.1, 0.15) is 0 Å². The standard InChI is InChI=1S/C11H19N3/c1-8-10-7-9(5-6-12)3-4-11(10)13-14(8)2/h9H,3-7,12H2,1-2H3. The second-order valence-electron chi connectivity index (χ2n) is 4.32. The van der Waals surface area contributed by atoms with E-state index in [-0.39, 0.29) is 0 Å². The molecule has 1 aromatic heterocycles. The number of nitrogens with two attached hydrogens (primary N) is 1. The van der Waals surface area contributed by atoms with Crippen LogP contribution in [0.3, 0.4) is 0 Å². The minimum atomic E-state index is 0.787. The Bertz CT molecular complexity index is 328. The van der Waals surface area contributed by atoms with E-state index in [0.29, 0.717) is 0 Å². The van der Waals surface area contributed by atoms with Crippen molar-refractivity contribution in [3.8, 4) is 0 Å². The summed E-state index contributed by atoms with van der Waals surface area (Å²) in [5.41, 5.74) is 9.74. The van der Waals surface area contributed by atoms with Gasteiger partial charge in [0.2, 0.25) is 0 Å². The summed E-state index contributed by atoms with van der Waals surface area (Å²) in [6.07, 6.45) is 4.75. The van der Waals surface area contributed by atoms with Crippen LogP contribution in [0, 0.1) is 12.8 Å². The Kier molecular flexibility index (Phi) is 2.59. The van der Waals surface area contributed by atoms with Gasteiger partial charge in [-0.2, -0.15) is 5.10 Å². The number of aryl methyl sites for hydroxylation is 2. The number of fused-ring (bicyclic) bond motifs is 1. The van der Waals surface area contributed by atoms with Crippen molar-refractivity contribution in [2.24, 2.45) is 18.7 Å². The van der Waals surface area contributed by atoms with Gasteiger partial charge >= 0.3 is 0 Å². The van der Waals surface area contributed by atoms with Gasteiger partial charge in [0.15, 0.2) is 0 Å². The second kappa shape index (κ2) is 3.73. The van der Waals surface area contributed by atoms with Gasteiger partial charge in [0, 0.05) is 12.7 Å². The van der Waals surface area contributed by atoms with Crippen LogP contribution in [0.1, 0.15) is 29.8 Å². The maximum absolute atomic E-state index is 5.60. The maximum atomic E-state index is 5.60. The molecule has 0 radical (unpaired) electrons. The van der Waals surface area contributed by atoms with E-state index in [0.717, 1.165) is 25.3 Å². The molecule has 0 aromatic carbocycles. The van der Waals surface area contributed by atoms with Crippen LogP contribution in [-0.4, -0.2) is 16.3 Å². The average molecular weight is 193 g/mol. The van der Waals surface area contributed by atoms with Crippen molar-refractivity contribution in [3.05, 3.63) is 17.0 Å². The van der Waals surface area contributed by atoms with Gasteiger partial charge in [0.05, 0.1) is 5.69 Å². The predicted octanol–water partition coefficient (Wildman–Crippen LogP) is 1.18. The molecular weight excluding hydrogens is 174 g/mol. The highest BCUT2D eigenvalue weighted by Crippen LogP contribution is 2.28. The zero-order valence-corrected chi connectivity index (χ0v) is 9.08. The summed E-state index contributed by atoms with van der Waals surface area (Å²) in [5.74, 6) is 0.787. The minimum absolute atomic E-state index is 0.787. The van der Waals surface area contributed by atoms with Gasteiger partial charge in [-0.1, -0.05) is 0 Å². The van der Waals surface area contributed by atoms with Crippen molar-refractivity contribution >= 4 is 0 Å². The highest BCUT2D eigenvalue weighted by atomic mass is 15.3. The molecule has 14 heavy (non-hydrogen) atoms. The molecule has 0 aliphatic heterocycles. The Morgan fingerprint density at radius 1 is 1.57 bits per heavy atom. The quantitative estimate of drug-likeness (QED) is 0.766. The molecule has 1 aromatic rings. The predicted molar refractivity (Wildman–Crippen MR) is 57.1 cm³/mol. The normalized spacial score (nSPS) is 20.9. The van der Waals surface area contributed by atoms with E-state index in [1.165, 1.54) is 29.8 Å². The van der Waals surface area contributed by atoms with Crippen LogP contribution >= 0.6 is 0 Å². The topological polar surface area (TPSA) is 43.8 Å². The Labute approximate surface area is 85.3 Å². The first-order valence-corrected chi connectivity index (χ1v) is 5.43. The summed E-state index contributed by atoms with van der Waals surface area (Å²) in [4.78, 5) is 0. The fourth-order valence-corrected chi connectivity index (χ4v) is 2.40. The summed E-state index contributed by atoms with van der Waals surface area (Å²) < 4.78 is 2.01. The highest BCUT2D eigenvalue weighted by Gasteiger charge is 2.22. The average Bonchev–Trinajstić information content (AvgIpc) is 2.45. The monoisotopic (exact) mass is 193 g/mol. The minimum Gasteiger partial charge on any atom is -0.330 e. The summed E-state index contributed by atoms with van der Waals surface area (Å²) in [7, 11) is 2.03. The largest absolute Gasteiger partial charge is 0.330 e. The van der Waals surface area contributed by atoms with Crippen molar-refractivity contribution < 1.29 is 0 Å². The number of hydrogen-bond donors (Lipinski definition) is 1. The lowest BCUT2D eigenvalue weighted by atomic mass is 9.85. The van der Waals surface area contributed by atoms with Gasteiger partial charge in [-0.3, -0.25) is 4.68 Å². The van der Waals surface area contributed by atoms with Crippen LogP contribution in [0.15, 0.2) is 0 Å². The van der Waals surface area contributed by atoms with E-state index in [4.69, 9.17) is 5.73 Å². The van der Waals surface area contributed by atoms with Crippen molar-refractivity contribution in [1.82, 2.24) is 9.78 Å². The van der Waals surface area contributed by atoms with E-state index in [1.54, 1.807) is 0 Å². The summed E-state index contributed by atoms with van der Waals surface area (Å²) >= 11 is 0. The molecule has 1 atom stereocenters. The molecule has 2 N–H and O–H groups in total. The Balaban J connectivity index is 2.20. The summed E-state index contributed by atoms with van der Waals surface area (Å²) in [6, 6.07) is 0. The summed E-state index contributed by atoms with van der Waals surface area (Å²) in [6.45, 7) is 2.98. The Morgan fingerprint density at radius 2 is 2.36 bits per heavy atom. The van der Waals surface area contributed by atoms with E-state index in [1.807, 2.05) is 11.7 Å². The lowest BCUT2D eigenvalue weighted by molar-refractivity contribution is 0.430. The van der Waals surface area contributed by atoms with Gasteiger partial charge in [-0.25, -0.2) is 0 Å². The fourth-order valence-electron chi connectivity index (χ4n) is 2.40. The number of nitrogens with zero attached hydrogens (tertiary/aromatic N) is 2. The summed E-state index contributed by atoms with van der Waals surface area (Å²) in [5, 5.41) is 4.53. The van der Waals surface area contributed by atoms with Crippen LogP contribution in [0.25, 0.3) is 0 Å². The SMILES string of the molecule is Cc1c2c(nn1C)CCC(CCN)C2. The van der Waals surface area contributed by atoms with Crippen molar-refractivity contribution in [3.63, 3.8) is 0 Å². The number of rotatable bonds is 2. The smallest absolute Gasteiger partial charge is 0.0659 e. The molecule has 0 spiro atoms. The van der Waals surface area contributed by atoms with E-state index in [2.05, 4.69) is 12.0 Å². The molecule has 1 heterocycles. The third kappa shape index (κ3) is 1.57. The molecule has 1 unspecified atom stereocenters. The fraction of sp³-hybridized carbons (Fsp3) is 0.727. The molecule has 1 aliphatic carbocycles. The molecule has 0 amide bonds. The van der Waals surface area contributed by atoms with Gasteiger partial charge < -0.3 is 5.73 Å². The number of aromatic nitrogens is 2. The molecule has 0 saturated heterocycles. The third-order valence-corrected chi connectivity index (χ3v) is 3.40. The first-order chi connectivity index (χ1) is 6.72. The molecule has 1 aliphatic rings. The second-order valence-corrected chi connectivity index (χ2v) is 4.32. The van der Waals surface area contributed by atoms with Crippen LogP contribution in [0.2, 0.25) is 0 Å². The molecule has 2 rings (SSSR count). The van der Waals surface area contributed by atoms with E-state index in [9.17, 15) is 0 Å². The molecule has 78 valence electrons. The molecular formula is C11H19N3. The van der Waals surface area contributed by atoms with Gasteiger partial charge in [-0.15, -0.1) is 0 Å². The molecule has 3 heteroatoms. The highest BCUT2D eigenvalue weighted by molar-refractivity contribution is 5.28. The lowest BCUT2D eigenvalue weighted by Crippen LogP contribution is -2.17. The van der Waals surface area contributed by atoms with Crippen molar-refractivity contribution in [2.45, 2.75) is 32.6 Å². The van der Waals surface area contributed by atoms with E-state index < -0.39 is 0 Å². The lowest BCUT2D eigenvalue weighted by Gasteiger charge is -2.20. The number of hydrogen-bond acceptors (Lipinski definition) is 2. The Hall–Kier alpha value is -0.830. The maximum Gasteiger partial charge on any atom is 0.0659 e.